The average molecular weight is 354 g/mol. The lowest BCUT2D eigenvalue weighted by atomic mass is 10.1. The summed E-state index contributed by atoms with van der Waals surface area (Å²) in [6, 6.07) is 6.74. The van der Waals surface area contributed by atoms with Crippen molar-refractivity contribution in [3.05, 3.63) is 63.0 Å². The maximum Gasteiger partial charge on any atom is 0.336 e. The molecule has 0 aliphatic rings. The minimum atomic E-state index is -0.393. The molecule has 3 rings (SSSR count). The Morgan fingerprint density at radius 2 is 2.04 bits per heavy atom. The highest BCUT2D eigenvalue weighted by atomic mass is 16.5. The Morgan fingerprint density at radius 1 is 1.23 bits per heavy atom. The molecule has 0 fully saturated rings. The number of benzene rings is 1. The zero-order chi connectivity index (χ0) is 18.7. The fraction of sp³-hybridized carbons (Fsp3) is 0.350. The van der Waals surface area contributed by atoms with Gasteiger partial charge in [-0.2, -0.15) is 0 Å². The molecule has 0 atom stereocenters. The topological polar surface area (TPSA) is 74.3 Å². The fourth-order valence-electron chi connectivity index (χ4n) is 2.90. The van der Waals surface area contributed by atoms with E-state index in [1.54, 1.807) is 29.1 Å². The van der Waals surface area contributed by atoms with Gasteiger partial charge in [0.05, 0.1) is 0 Å². The van der Waals surface area contributed by atoms with Crippen molar-refractivity contribution in [3.8, 4) is 11.6 Å². The van der Waals surface area contributed by atoms with Gasteiger partial charge in [-0.3, -0.25) is 4.79 Å². The van der Waals surface area contributed by atoms with E-state index in [0.717, 1.165) is 23.8 Å². The van der Waals surface area contributed by atoms with Crippen molar-refractivity contribution in [1.29, 1.82) is 0 Å². The molecule has 0 spiro atoms. The van der Waals surface area contributed by atoms with Gasteiger partial charge in [0.25, 0.3) is 5.88 Å². The van der Waals surface area contributed by atoms with Crippen molar-refractivity contribution in [2.45, 2.75) is 40.2 Å². The first-order chi connectivity index (χ1) is 12.5. The predicted octanol–water partition coefficient (Wildman–Crippen LogP) is 3.75. The van der Waals surface area contributed by atoms with Crippen LogP contribution in [0.15, 0.2) is 50.7 Å². The Bertz CT molecular complexity index is 1030. The zero-order valence-corrected chi connectivity index (χ0v) is 15.2. The van der Waals surface area contributed by atoms with Crippen LogP contribution in [-0.2, 0) is 13.0 Å². The number of fused-ring (bicyclic) bond motifs is 1. The molecular formula is C20H22N2O4. The summed E-state index contributed by atoms with van der Waals surface area (Å²) in [5, 5.41) is 0.872. The zero-order valence-electron chi connectivity index (χ0n) is 15.2. The molecule has 0 bridgehead atoms. The standard InChI is InChI=1S/C20H22N2O4/c1-4-5-14-10-18(23)26-17-11-15(6-7-16(14)17)25-19-20(24)22(9-8-21-19)12-13(2)3/h6-11,13H,4-5,12H2,1-3H3. The largest absolute Gasteiger partial charge is 0.435 e. The van der Waals surface area contributed by atoms with Crippen molar-refractivity contribution in [1.82, 2.24) is 9.55 Å². The lowest BCUT2D eigenvalue weighted by Gasteiger charge is -2.10. The third-order valence-corrected chi connectivity index (χ3v) is 3.98. The van der Waals surface area contributed by atoms with Gasteiger partial charge in [-0.05, 0) is 30.0 Å². The average Bonchev–Trinajstić information content (AvgIpc) is 2.58. The Balaban J connectivity index is 1.97. The van der Waals surface area contributed by atoms with Crippen molar-refractivity contribution < 1.29 is 9.15 Å². The van der Waals surface area contributed by atoms with Crippen LogP contribution in [0.4, 0.5) is 0 Å². The summed E-state index contributed by atoms with van der Waals surface area (Å²) in [6.07, 6.45) is 4.91. The molecule has 0 aliphatic carbocycles. The minimum Gasteiger partial charge on any atom is -0.435 e. The number of hydrogen-bond acceptors (Lipinski definition) is 5. The highest BCUT2D eigenvalue weighted by Crippen LogP contribution is 2.25. The van der Waals surface area contributed by atoms with Crippen molar-refractivity contribution in [2.24, 2.45) is 5.92 Å². The van der Waals surface area contributed by atoms with Crippen molar-refractivity contribution in [2.75, 3.05) is 0 Å². The van der Waals surface area contributed by atoms with E-state index in [-0.39, 0.29) is 11.4 Å². The molecule has 0 amide bonds. The van der Waals surface area contributed by atoms with E-state index in [9.17, 15) is 9.59 Å². The fourth-order valence-corrected chi connectivity index (χ4v) is 2.90. The van der Waals surface area contributed by atoms with Gasteiger partial charge < -0.3 is 13.7 Å². The SMILES string of the molecule is CCCc1cc(=O)oc2cc(Oc3nccn(CC(C)C)c3=O)ccc12. The molecule has 0 saturated heterocycles. The van der Waals surface area contributed by atoms with Gasteiger partial charge in [0.2, 0.25) is 0 Å². The first-order valence-electron chi connectivity index (χ1n) is 8.78. The Kier molecular flexibility index (Phi) is 5.21. The van der Waals surface area contributed by atoms with Crippen LogP contribution in [0.25, 0.3) is 11.0 Å². The maximum atomic E-state index is 12.5. The number of aryl methyl sites for hydroxylation is 1. The number of ether oxygens (including phenoxy) is 1. The summed E-state index contributed by atoms with van der Waals surface area (Å²) >= 11 is 0. The number of hydrogen-bond donors (Lipinski definition) is 0. The Hall–Kier alpha value is -2.89. The summed E-state index contributed by atoms with van der Waals surface area (Å²) in [6.45, 7) is 6.71. The second-order valence-corrected chi connectivity index (χ2v) is 6.68. The van der Waals surface area contributed by atoms with E-state index in [1.807, 2.05) is 19.9 Å². The van der Waals surface area contributed by atoms with Gasteiger partial charge in [-0.1, -0.05) is 27.2 Å². The van der Waals surface area contributed by atoms with Crippen LogP contribution >= 0.6 is 0 Å². The smallest absolute Gasteiger partial charge is 0.336 e. The van der Waals surface area contributed by atoms with E-state index in [4.69, 9.17) is 9.15 Å². The van der Waals surface area contributed by atoms with Gasteiger partial charge in [0, 0.05) is 36.5 Å². The van der Waals surface area contributed by atoms with E-state index < -0.39 is 5.63 Å². The van der Waals surface area contributed by atoms with Gasteiger partial charge in [0.15, 0.2) is 0 Å². The molecule has 26 heavy (non-hydrogen) atoms. The highest BCUT2D eigenvalue weighted by molar-refractivity contribution is 5.81. The van der Waals surface area contributed by atoms with E-state index in [0.29, 0.717) is 23.8 Å². The van der Waals surface area contributed by atoms with Gasteiger partial charge in [0.1, 0.15) is 11.3 Å². The lowest BCUT2D eigenvalue weighted by Crippen LogP contribution is -2.23. The highest BCUT2D eigenvalue weighted by Gasteiger charge is 2.11. The molecule has 0 N–H and O–H groups in total. The predicted molar refractivity (Wildman–Crippen MR) is 99.9 cm³/mol. The van der Waals surface area contributed by atoms with Crippen LogP contribution in [0.5, 0.6) is 11.6 Å². The Morgan fingerprint density at radius 3 is 2.77 bits per heavy atom. The molecule has 6 heteroatoms. The number of rotatable bonds is 6. The van der Waals surface area contributed by atoms with E-state index >= 15 is 0 Å². The van der Waals surface area contributed by atoms with Crippen LogP contribution in [0.2, 0.25) is 0 Å². The summed E-state index contributed by atoms with van der Waals surface area (Å²) in [5.41, 5.74) is 0.706. The molecule has 6 nitrogen and oxygen atoms in total. The van der Waals surface area contributed by atoms with Crippen LogP contribution in [-0.4, -0.2) is 9.55 Å². The van der Waals surface area contributed by atoms with Crippen LogP contribution in [0.3, 0.4) is 0 Å². The first-order valence-corrected chi connectivity index (χ1v) is 8.78. The minimum absolute atomic E-state index is 0.000408. The normalized spacial score (nSPS) is 11.2. The summed E-state index contributed by atoms with van der Waals surface area (Å²) < 4.78 is 12.5. The van der Waals surface area contributed by atoms with Gasteiger partial charge in [-0.25, -0.2) is 9.78 Å². The van der Waals surface area contributed by atoms with Gasteiger partial charge >= 0.3 is 11.2 Å². The van der Waals surface area contributed by atoms with Crippen molar-refractivity contribution >= 4 is 11.0 Å². The van der Waals surface area contributed by atoms with Crippen molar-refractivity contribution in [3.63, 3.8) is 0 Å². The molecule has 0 saturated carbocycles. The van der Waals surface area contributed by atoms with Crippen LogP contribution in [0, 0.1) is 5.92 Å². The monoisotopic (exact) mass is 354 g/mol. The molecular weight excluding hydrogens is 332 g/mol. The van der Waals surface area contributed by atoms with E-state index in [1.165, 1.54) is 6.07 Å². The lowest BCUT2D eigenvalue weighted by molar-refractivity contribution is 0.432. The summed E-state index contributed by atoms with van der Waals surface area (Å²) in [7, 11) is 0. The summed E-state index contributed by atoms with van der Waals surface area (Å²) in [4.78, 5) is 28.3. The molecule has 0 radical (unpaired) electrons. The van der Waals surface area contributed by atoms with Crippen LogP contribution in [0.1, 0.15) is 32.8 Å². The summed E-state index contributed by atoms with van der Waals surface area (Å²) in [5.74, 6) is 0.732. The molecule has 0 unspecified atom stereocenters. The number of aromatic nitrogens is 2. The van der Waals surface area contributed by atoms with Crippen LogP contribution < -0.4 is 15.9 Å². The first kappa shape index (κ1) is 17.9. The second kappa shape index (κ2) is 7.56. The third kappa shape index (κ3) is 3.85. The molecule has 2 heterocycles. The maximum absolute atomic E-state index is 12.5. The molecule has 3 aromatic rings. The molecule has 0 aliphatic heterocycles. The quantitative estimate of drug-likeness (QED) is 0.630. The van der Waals surface area contributed by atoms with E-state index in [2.05, 4.69) is 11.9 Å². The third-order valence-electron chi connectivity index (χ3n) is 3.98. The molecule has 136 valence electrons. The Labute approximate surface area is 151 Å². The molecule has 2 aromatic heterocycles. The van der Waals surface area contributed by atoms with Gasteiger partial charge in [-0.15, -0.1) is 0 Å². The molecule has 1 aromatic carbocycles. The second-order valence-electron chi connectivity index (χ2n) is 6.68. The number of nitrogens with zero attached hydrogens (tertiary/aromatic N) is 2.